The van der Waals surface area contributed by atoms with Crippen molar-refractivity contribution in [3.05, 3.63) is 65.7 Å². The van der Waals surface area contributed by atoms with E-state index in [1.807, 2.05) is 43.3 Å². The average Bonchev–Trinajstić information content (AvgIpc) is 2.63. The second-order valence-corrected chi connectivity index (χ2v) is 8.65. The number of hydrogen-bond acceptors (Lipinski definition) is 3. The molecule has 0 bridgehead atoms. The fourth-order valence-electron chi connectivity index (χ4n) is 2.56. The highest BCUT2D eigenvalue weighted by molar-refractivity contribution is 7.99. The Morgan fingerprint density at radius 2 is 1.73 bits per heavy atom. The topological polar surface area (TPSA) is 38.3 Å². The third-order valence-corrected chi connectivity index (χ3v) is 5.28. The van der Waals surface area contributed by atoms with E-state index in [0.717, 1.165) is 11.5 Å². The van der Waals surface area contributed by atoms with Crippen LogP contribution in [-0.2, 0) is 16.0 Å². The van der Waals surface area contributed by atoms with E-state index in [0.29, 0.717) is 13.2 Å². The molecule has 26 heavy (non-hydrogen) atoms. The third-order valence-electron chi connectivity index (χ3n) is 4.07. The van der Waals surface area contributed by atoms with Crippen LogP contribution < -0.4 is 10.1 Å². The largest absolute Gasteiger partial charge is 0.491 e. The van der Waals surface area contributed by atoms with E-state index >= 15 is 0 Å². The molecule has 2 aromatic rings. The third kappa shape index (κ3) is 6.41. The molecule has 0 aliphatic rings. The molecule has 0 aliphatic heterocycles. The van der Waals surface area contributed by atoms with Gasteiger partial charge in [-0.3, -0.25) is 4.79 Å². The van der Waals surface area contributed by atoms with E-state index in [-0.39, 0.29) is 16.6 Å². The minimum Gasteiger partial charge on any atom is -0.491 e. The van der Waals surface area contributed by atoms with Crippen molar-refractivity contribution in [3.8, 4) is 5.75 Å². The van der Waals surface area contributed by atoms with Crippen LogP contribution in [0, 0.1) is 0 Å². The van der Waals surface area contributed by atoms with Crippen LogP contribution in [0.1, 0.15) is 38.8 Å². The van der Waals surface area contributed by atoms with Crippen LogP contribution in [0.5, 0.6) is 5.75 Å². The van der Waals surface area contributed by atoms with Crippen molar-refractivity contribution in [1.29, 1.82) is 0 Å². The van der Waals surface area contributed by atoms with Gasteiger partial charge in [-0.15, -0.1) is 11.8 Å². The lowest BCUT2D eigenvalue weighted by Crippen LogP contribution is -2.34. The lowest BCUT2D eigenvalue weighted by molar-refractivity contribution is -0.120. The van der Waals surface area contributed by atoms with Gasteiger partial charge in [-0.2, -0.15) is 0 Å². The number of ether oxygens (including phenoxy) is 1. The van der Waals surface area contributed by atoms with Crippen molar-refractivity contribution < 1.29 is 9.53 Å². The first-order valence-corrected chi connectivity index (χ1v) is 10.1. The van der Waals surface area contributed by atoms with Gasteiger partial charge < -0.3 is 10.1 Å². The summed E-state index contributed by atoms with van der Waals surface area (Å²) in [5.41, 5.74) is 2.44. The second-order valence-electron chi connectivity index (χ2n) is 7.32. The molecule has 0 unspecified atom stereocenters. The van der Waals surface area contributed by atoms with Crippen LogP contribution in [-0.4, -0.2) is 24.3 Å². The fraction of sp³-hybridized carbons (Fsp3) is 0.409. The van der Waals surface area contributed by atoms with Gasteiger partial charge in [-0.1, -0.05) is 69.3 Å². The molecule has 140 valence electrons. The van der Waals surface area contributed by atoms with Gasteiger partial charge in [-0.25, -0.2) is 0 Å². The van der Waals surface area contributed by atoms with Crippen LogP contribution in [0.15, 0.2) is 54.6 Å². The highest BCUT2D eigenvalue weighted by atomic mass is 32.2. The summed E-state index contributed by atoms with van der Waals surface area (Å²) in [4.78, 5) is 12.2. The summed E-state index contributed by atoms with van der Waals surface area (Å²) in [5.74, 6) is 1.78. The van der Waals surface area contributed by atoms with Gasteiger partial charge in [0.2, 0.25) is 5.91 Å². The molecule has 1 N–H and O–H groups in total. The molecule has 4 heteroatoms. The van der Waals surface area contributed by atoms with Crippen molar-refractivity contribution in [1.82, 2.24) is 5.32 Å². The molecule has 0 radical (unpaired) electrons. The predicted octanol–water partition coefficient (Wildman–Crippen LogP) is 4.80. The molecule has 0 aliphatic carbocycles. The van der Waals surface area contributed by atoms with Gasteiger partial charge in [0.25, 0.3) is 0 Å². The highest BCUT2D eigenvalue weighted by Crippen LogP contribution is 2.30. The SMILES string of the molecule is C[C@@H](SCc1ccccc1)C(=O)NCCOc1ccccc1C(C)(C)C. The maximum atomic E-state index is 12.2. The summed E-state index contributed by atoms with van der Waals surface area (Å²) >= 11 is 1.64. The first-order valence-electron chi connectivity index (χ1n) is 9.03. The second kappa shape index (κ2) is 9.67. The van der Waals surface area contributed by atoms with Crippen molar-refractivity contribution in [3.63, 3.8) is 0 Å². The number of hydrogen-bond donors (Lipinski definition) is 1. The lowest BCUT2D eigenvalue weighted by atomic mass is 9.86. The van der Waals surface area contributed by atoms with E-state index in [1.165, 1.54) is 11.1 Å². The molecule has 2 rings (SSSR count). The number of benzene rings is 2. The number of para-hydroxylation sites is 1. The first-order chi connectivity index (χ1) is 12.4. The number of nitrogens with one attached hydrogen (secondary N) is 1. The molecule has 0 saturated heterocycles. The summed E-state index contributed by atoms with van der Waals surface area (Å²) in [7, 11) is 0. The quantitative estimate of drug-likeness (QED) is 0.677. The molecule has 0 saturated carbocycles. The van der Waals surface area contributed by atoms with Crippen LogP contribution in [0.2, 0.25) is 0 Å². The van der Waals surface area contributed by atoms with Gasteiger partial charge in [0.1, 0.15) is 12.4 Å². The van der Waals surface area contributed by atoms with Gasteiger partial charge >= 0.3 is 0 Å². The summed E-state index contributed by atoms with van der Waals surface area (Å²) in [6.07, 6.45) is 0. The number of thioether (sulfide) groups is 1. The van der Waals surface area contributed by atoms with Crippen molar-refractivity contribution in [2.45, 2.75) is 44.1 Å². The van der Waals surface area contributed by atoms with Crippen LogP contribution in [0.25, 0.3) is 0 Å². The van der Waals surface area contributed by atoms with Gasteiger partial charge in [0.15, 0.2) is 0 Å². The van der Waals surface area contributed by atoms with E-state index in [2.05, 4.69) is 44.3 Å². The zero-order chi connectivity index (χ0) is 19.0. The minimum atomic E-state index is -0.0860. The first kappa shape index (κ1) is 20.4. The Morgan fingerprint density at radius 3 is 2.42 bits per heavy atom. The number of amides is 1. The van der Waals surface area contributed by atoms with E-state index in [9.17, 15) is 4.79 Å². The van der Waals surface area contributed by atoms with Crippen molar-refractivity contribution in [2.24, 2.45) is 0 Å². The van der Waals surface area contributed by atoms with E-state index < -0.39 is 0 Å². The zero-order valence-corrected chi connectivity index (χ0v) is 16.9. The fourth-order valence-corrected chi connectivity index (χ4v) is 3.43. The summed E-state index contributed by atoms with van der Waals surface area (Å²) in [6.45, 7) is 9.43. The molecule has 0 heterocycles. The van der Waals surface area contributed by atoms with Crippen molar-refractivity contribution >= 4 is 17.7 Å². The zero-order valence-electron chi connectivity index (χ0n) is 16.1. The molecular formula is C22H29NO2S. The van der Waals surface area contributed by atoms with Crippen LogP contribution in [0.4, 0.5) is 0 Å². The molecule has 1 amide bonds. The highest BCUT2D eigenvalue weighted by Gasteiger charge is 2.18. The van der Waals surface area contributed by atoms with E-state index in [1.54, 1.807) is 11.8 Å². The van der Waals surface area contributed by atoms with Crippen LogP contribution in [0.3, 0.4) is 0 Å². The molecular weight excluding hydrogens is 342 g/mol. The summed E-state index contributed by atoms with van der Waals surface area (Å²) < 4.78 is 5.90. The van der Waals surface area contributed by atoms with Gasteiger partial charge in [0, 0.05) is 5.75 Å². The summed E-state index contributed by atoms with van der Waals surface area (Å²) in [5, 5.41) is 2.88. The summed E-state index contributed by atoms with van der Waals surface area (Å²) in [6, 6.07) is 18.3. The molecule has 3 nitrogen and oxygen atoms in total. The van der Waals surface area contributed by atoms with Crippen LogP contribution >= 0.6 is 11.8 Å². The lowest BCUT2D eigenvalue weighted by Gasteiger charge is -2.22. The maximum absolute atomic E-state index is 12.2. The number of carbonyl (C=O) groups is 1. The molecule has 0 fully saturated rings. The molecule has 2 aromatic carbocycles. The normalized spacial score (nSPS) is 12.5. The van der Waals surface area contributed by atoms with E-state index in [4.69, 9.17) is 4.74 Å². The minimum absolute atomic E-state index is 0.0302. The Balaban J connectivity index is 1.73. The Morgan fingerprint density at radius 1 is 1.08 bits per heavy atom. The smallest absolute Gasteiger partial charge is 0.232 e. The number of carbonyl (C=O) groups excluding carboxylic acids is 1. The van der Waals surface area contributed by atoms with Gasteiger partial charge in [0.05, 0.1) is 11.8 Å². The Kier molecular flexibility index (Phi) is 7.58. The van der Waals surface area contributed by atoms with Gasteiger partial charge in [-0.05, 0) is 29.5 Å². The van der Waals surface area contributed by atoms with Crippen molar-refractivity contribution in [2.75, 3.05) is 13.2 Å². The monoisotopic (exact) mass is 371 g/mol. The molecule has 0 spiro atoms. The maximum Gasteiger partial charge on any atom is 0.232 e. The molecule has 1 atom stereocenters. The standard InChI is InChI=1S/C22H29NO2S/c1-17(26-16-18-10-6-5-7-11-18)21(24)23-14-15-25-20-13-9-8-12-19(20)22(2,3)4/h5-13,17H,14-16H2,1-4H3,(H,23,24)/t17-/m1/s1. The Hall–Kier alpha value is -1.94. The molecule has 0 aromatic heterocycles. The Bertz CT molecular complexity index is 695. The average molecular weight is 372 g/mol. The number of rotatable bonds is 8. The Labute approximate surface area is 161 Å². The predicted molar refractivity (Wildman–Crippen MR) is 111 cm³/mol.